The Morgan fingerprint density at radius 1 is 1.25 bits per heavy atom. The van der Waals surface area contributed by atoms with Crippen LogP contribution in [0.15, 0.2) is 18.3 Å². The van der Waals surface area contributed by atoms with Crippen LogP contribution in [-0.4, -0.2) is 32.5 Å². The first-order valence-electron chi connectivity index (χ1n) is 5.69. The van der Waals surface area contributed by atoms with Crippen LogP contribution in [-0.2, 0) is 17.4 Å². The van der Waals surface area contributed by atoms with Crippen LogP contribution in [0.3, 0.4) is 0 Å². The summed E-state index contributed by atoms with van der Waals surface area (Å²) in [7, 11) is -2.74. The standard InChI is InChI=1S/C11H11N5O3S/c1-6-5-12-7-3-4-8-10(9(7)13-6)14-11(16(8)2)15-20(17,18)19/h3-5H,1-2H3,(H,14,15)(H,17,18,19). The van der Waals surface area contributed by atoms with E-state index in [2.05, 4.69) is 15.0 Å². The van der Waals surface area contributed by atoms with Crippen LogP contribution in [0.1, 0.15) is 5.69 Å². The first kappa shape index (κ1) is 12.8. The van der Waals surface area contributed by atoms with Crippen molar-refractivity contribution in [2.45, 2.75) is 6.92 Å². The number of aryl methyl sites for hydroxylation is 2. The molecule has 0 fully saturated rings. The number of aromatic nitrogens is 4. The Labute approximate surface area is 114 Å². The van der Waals surface area contributed by atoms with Gasteiger partial charge in [0.05, 0.1) is 16.7 Å². The van der Waals surface area contributed by atoms with Gasteiger partial charge in [0.1, 0.15) is 11.0 Å². The Hall–Kier alpha value is -2.26. The highest BCUT2D eigenvalue weighted by Crippen LogP contribution is 2.25. The number of nitrogens with zero attached hydrogens (tertiary/aromatic N) is 4. The second-order valence-electron chi connectivity index (χ2n) is 4.38. The highest BCUT2D eigenvalue weighted by Gasteiger charge is 2.15. The van der Waals surface area contributed by atoms with E-state index in [0.29, 0.717) is 22.1 Å². The van der Waals surface area contributed by atoms with Gasteiger partial charge in [0.2, 0.25) is 5.95 Å². The average Bonchev–Trinajstić information content (AvgIpc) is 2.65. The first-order valence-corrected chi connectivity index (χ1v) is 7.13. The van der Waals surface area contributed by atoms with Gasteiger partial charge in [0, 0.05) is 13.2 Å². The second kappa shape index (κ2) is 4.12. The van der Waals surface area contributed by atoms with Crippen molar-refractivity contribution in [1.82, 2.24) is 19.5 Å². The summed E-state index contributed by atoms with van der Waals surface area (Å²) in [6.07, 6.45) is 1.65. The predicted molar refractivity (Wildman–Crippen MR) is 73.7 cm³/mol. The number of benzene rings is 1. The smallest absolute Gasteiger partial charge is 0.312 e. The van der Waals surface area contributed by atoms with E-state index in [1.807, 2.05) is 11.6 Å². The fraction of sp³-hybridized carbons (Fsp3) is 0.182. The van der Waals surface area contributed by atoms with Crippen molar-refractivity contribution in [2.24, 2.45) is 7.05 Å². The molecule has 0 saturated carbocycles. The van der Waals surface area contributed by atoms with Crippen LogP contribution < -0.4 is 4.72 Å². The predicted octanol–water partition coefficient (Wildman–Crippen LogP) is 1.04. The zero-order valence-electron chi connectivity index (χ0n) is 10.7. The summed E-state index contributed by atoms with van der Waals surface area (Å²) in [6.45, 7) is 1.81. The highest BCUT2D eigenvalue weighted by molar-refractivity contribution is 7.87. The van der Waals surface area contributed by atoms with Crippen molar-refractivity contribution in [1.29, 1.82) is 0 Å². The van der Waals surface area contributed by atoms with Crippen molar-refractivity contribution in [3.8, 4) is 0 Å². The number of imidazole rings is 1. The Bertz CT molecular complexity index is 932. The minimum absolute atomic E-state index is 0.0123. The minimum atomic E-state index is -4.38. The number of nitrogens with one attached hydrogen (secondary N) is 1. The molecule has 3 aromatic rings. The van der Waals surface area contributed by atoms with Gasteiger partial charge >= 0.3 is 10.3 Å². The molecule has 2 N–H and O–H groups in total. The third-order valence-corrected chi connectivity index (χ3v) is 3.34. The van der Waals surface area contributed by atoms with E-state index in [1.54, 1.807) is 25.4 Å². The molecule has 0 atom stereocenters. The second-order valence-corrected chi connectivity index (χ2v) is 5.54. The molecule has 3 rings (SSSR count). The molecule has 2 aromatic heterocycles. The van der Waals surface area contributed by atoms with Crippen molar-refractivity contribution < 1.29 is 13.0 Å². The van der Waals surface area contributed by atoms with E-state index in [-0.39, 0.29) is 5.95 Å². The fourth-order valence-electron chi connectivity index (χ4n) is 2.02. The van der Waals surface area contributed by atoms with E-state index in [4.69, 9.17) is 4.55 Å². The number of fused-ring (bicyclic) bond motifs is 3. The van der Waals surface area contributed by atoms with Crippen molar-refractivity contribution in [3.05, 3.63) is 24.0 Å². The molecule has 1 aromatic carbocycles. The number of hydrogen-bond acceptors (Lipinski definition) is 5. The van der Waals surface area contributed by atoms with Crippen LogP contribution in [0.2, 0.25) is 0 Å². The number of hydrogen-bond donors (Lipinski definition) is 2. The van der Waals surface area contributed by atoms with Gasteiger partial charge in [-0.1, -0.05) is 0 Å². The van der Waals surface area contributed by atoms with E-state index in [9.17, 15) is 8.42 Å². The molecule has 9 heteroatoms. The lowest BCUT2D eigenvalue weighted by Crippen LogP contribution is -2.13. The molecule has 0 aliphatic rings. The van der Waals surface area contributed by atoms with Crippen LogP contribution in [0.4, 0.5) is 5.95 Å². The third-order valence-electron chi connectivity index (χ3n) is 2.90. The molecule has 20 heavy (non-hydrogen) atoms. The molecule has 0 saturated heterocycles. The minimum Gasteiger partial charge on any atom is -0.312 e. The van der Waals surface area contributed by atoms with Gasteiger partial charge in [-0.2, -0.15) is 8.42 Å². The van der Waals surface area contributed by atoms with Crippen molar-refractivity contribution in [2.75, 3.05) is 4.72 Å². The summed E-state index contributed by atoms with van der Waals surface area (Å²) in [5, 5.41) is 0. The van der Waals surface area contributed by atoms with Crippen LogP contribution >= 0.6 is 0 Å². The zero-order chi connectivity index (χ0) is 14.5. The Balaban J connectivity index is 2.35. The largest absolute Gasteiger partial charge is 0.359 e. The summed E-state index contributed by atoms with van der Waals surface area (Å²) in [5.74, 6) is 0.0123. The van der Waals surface area contributed by atoms with Gasteiger partial charge in [-0.05, 0) is 19.1 Å². The SMILES string of the molecule is Cc1cnc2ccc3c(nc(NS(=O)(=O)O)n3C)c2n1. The van der Waals surface area contributed by atoms with Gasteiger partial charge in [0.25, 0.3) is 0 Å². The van der Waals surface area contributed by atoms with E-state index in [1.165, 1.54) is 4.57 Å². The molecule has 0 amide bonds. The third kappa shape index (κ3) is 2.06. The van der Waals surface area contributed by atoms with Crippen molar-refractivity contribution >= 4 is 38.3 Å². The summed E-state index contributed by atoms with van der Waals surface area (Å²) >= 11 is 0. The van der Waals surface area contributed by atoms with E-state index in [0.717, 1.165) is 5.69 Å². The zero-order valence-corrected chi connectivity index (χ0v) is 11.5. The van der Waals surface area contributed by atoms with E-state index >= 15 is 0 Å². The molecule has 8 nitrogen and oxygen atoms in total. The van der Waals surface area contributed by atoms with Crippen molar-refractivity contribution in [3.63, 3.8) is 0 Å². The summed E-state index contributed by atoms with van der Waals surface area (Å²) in [4.78, 5) is 12.8. The molecular formula is C11H11N5O3S. The topological polar surface area (TPSA) is 110 Å². The molecule has 0 spiro atoms. The maximum Gasteiger partial charge on any atom is 0.359 e. The highest BCUT2D eigenvalue weighted by atomic mass is 32.2. The first-order chi connectivity index (χ1) is 9.35. The molecule has 104 valence electrons. The van der Waals surface area contributed by atoms with Gasteiger partial charge in [0.15, 0.2) is 0 Å². The van der Waals surface area contributed by atoms with Gasteiger partial charge < -0.3 is 4.57 Å². The number of rotatable bonds is 2. The van der Waals surface area contributed by atoms with E-state index < -0.39 is 10.3 Å². The van der Waals surface area contributed by atoms with Gasteiger partial charge in [-0.25, -0.2) is 14.7 Å². The molecule has 2 heterocycles. The lowest BCUT2D eigenvalue weighted by Gasteiger charge is -2.02. The molecule has 0 unspecified atom stereocenters. The molecule has 0 aliphatic heterocycles. The van der Waals surface area contributed by atoms with Crippen LogP contribution in [0, 0.1) is 6.92 Å². The monoisotopic (exact) mass is 293 g/mol. The summed E-state index contributed by atoms with van der Waals surface area (Å²) in [6, 6.07) is 3.55. The van der Waals surface area contributed by atoms with Gasteiger partial charge in [-0.15, -0.1) is 0 Å². The molecule has 0 radical (unpaired) electrons. The normalized spacial score (nSPS) is 12.2. The number of anilines is 1. The lowest BCUT2D eigenvalue weighted by molar-refractivity contribution is 0.489. The summed E-state index contributed by atoms with van der Waals surface area (Å²) in [5.41, 5.74) is 3.19. The Morgan fingerprint density at radius 2 is 2.00 bits per heavy atom. The Morgan fingerprint density at radius 3 is 2.70 bits per heavy atom. The fourth-order valence-corrected chi connectivity index (χ4v) is 2.44. The quantitative estimate of drug-likeness (QED) is 0.683. The van der Waals surface area contributed by atoms with Crippen LogP contribution in [0.25, 0.3) is 22.1 Å². The molecular weight excluding hydrogens is 282 g/mol. The van der Waals surface area contributed by atoms with Gasteiger partial charge in [-0.3, -0.25) is 9.54 Å². The maximum absolute atomic E-state index is 10.9. The lowest BCUT2D eigenvalue weighted by atomic mass is 10.2. The van der Waals surface area contributed by atoms with Crippen LogP contribution in [0.5, 0.6) is 0 Å². The maximum atomic E-state index is 10.9. The molecule has 0 bridgehead atoms. The molecule has 0 aliphatic carbocycles. The average molecular weight is 293 g/mol. The summed E-state index contributed by atoms with van der Waals surface area (Å²) < 4.78 is 34.1. The Kier molecular flexibility index (Phi) is 2.63.